The maximum atomic E-state index is 5.86. The summed E-state index contributed by atoms with van der Waals surface area (Å²) in [6, 6.07) is 3.80. The molecule has 0 atom stereocenters. The zero-order chi connectivity index (χ0) is 13.4. The van der Waals surface area contributed by atoms with Gasteiger partial charge in [-0.05, 0) is 24.6 Å². The molecule has 3 heterocycles. The van der Waals surface area contributed by atoms with Crippen LogP contribution in [-0.2, 0) is 7.05 Å². The van der Waals surface area contributed by atoms with Gasteiger partial charge in [0.25, 0.3) is 5.89 Å². The van der Waals surface area contributed by atoms with Crippen LogP contribution in [0.15, 0.2) is 29.0 Å². The molecule has 0 radical (unpaired) electrons. The average molecular weight is 256 g/mol. The molecule has 0 spiro atoms. The van der Waals surface area contributed by atoms with Gasteiger partial charge in [0.05, 0.1) is 6.20 Å². The second-order valence-corrected chi connectivity index (χ2v) is 4.21. The molecule has 96 valence electrons. The molecule has 0 bridgehead atoms. The van der Waals surface area contributed by atoms with Crippen molar-refractivity contribution in [2.45, 2.75) is 6.92 Å². The Balaban J connectivity index is 2.02. The molecule has 3 aromatic rings. The fourth-order valence-electron chi connectivity index (χ4n) is 1.71. The molecular formula is C12H12N6O. The molecule has 0 saturated heterocycles. The van der Waals surface area contributed by atoms with E-state index in [9.17, 15) is 0 Å². The summed E-state index contributed by atoms with van der Waals surface area (Å²) in [7, 11) is 1.75. The van der Waals surface area contributed by atoms with E-state index in [-0.39, 0.29) is 0 Å². The average Bonchev–Trinajstić information content (AvgIpc) is 2.98. The van der Waals surface area contributed by atoms with E-state index < -0.39 is 0 Å². The van der Waals surface area contributed by atoms with Crippen molar-refractivity contribution in [2.24, 2.45) is 7.05 Å². The Morgan fingerprint density at radius 1 is 1.37 bits per heavy atom. The van der Waals surface area contributed by atoms with Crippen molar-refractivity contribution in [2.75, 3.05) is 5.73 Å². The lowest BCUT2D eigenvalue weighted by Crippen LogP contribution is -1.98. The van der Waals surface area contributed by atoms with Crippen LogP contribution in [-0.4, -0.2) is 24.9 Å². The third-order valence-corrected chi connectivity index (χ3v) is 2.79. The van der Waals surface area contributed by atoms with Gasteiger partial charge in [-0.15, -0.1) is 0 Å². The highest BCUT2D eigenvalue weighted by atomic mass is 16.5. The molecule has 0 amide bonds. The summed E-state index contributed by atoms with van der Waals surface area (Å²) in [5.74, 6) is 1.25. The summed E-state index contributed by atoms with van der Waals surface area (Å²) in [5, 5.41) is 7.95. The molecule has 7 nitrogen and oxygen atoms in total. The van der Waals surface area contributed by atoms with Crippen LogP contribution >= 0.6 is 0 Å². The van der Waals surface area contributed by atoms with E-state index >= 15 is 0 Å². The lowest BCUT2D eigenvalue weighted by atomic mass is 10.2. The molecule has 7 heteroatoms. The number of nitrogen functional groups attached to an aromatic ring is 1. The van der Waals surface area contributed by atoms with Crippen LogP contribution in [0.25, 0.3) is 23.0 Å². The van der Waals surface area contributed by atoms with Crippen LogP contribution in [0.2, 0.25) is 0 Å². The first-order valence-electron chi connectivity index (χ1n) is 5.70. The number of rotatable bonds is 2. The Labute approximate surface area is 109 Å². The summed E-state index contributed by atoms with van der Waals surface area (Å²) < 4.78 is 6.75. The molecule has 0 saturated carbocycles. The Hall–Kier alpha value is -2.70. The van der Waals surface area contributed by atoms with Gasteiger partial charge in [0, 0.05) is 13.2 Å². The number of nitrogens with zero attached hydrogens (tertiary/aromatic N) is 5. The SMILES string of the molecule is Cc1ccnc(-c2noc(-c3cnn(C)c3N)n2)c1. The molecule has 3 aromatic heterocycles. The van der Waals surface area contributed by atoms with Gasteiger partial charge in [-0.1, -0.05) is 5.16 Å². The van der Waals surface area contributed by atoms with E-state index in [1.807, 2.05) is 19.1 Å². The lowest BCUT2D eigenvalue weighted by molar-refractivity contribution is 0.432. The zero-order valence-electron chi connectivity index (χ0n) is 10.5. The number of pyridine rings is 1. The second kappa shape index (κ2) is 4.20. The highest BCUT2D eigenvalue weighted by molar-refractivity contribution is 5.67. The lowest BCUT2D eigenvalue weighted by Gasteiger charge is -1.95. The molecule has 2 N–H and O–H groups in total. The molecule has 3 rings (SSSR count). The van der Waals surface area contributed by atoms with Gasteiger partial charge < -0.3 is 10.3 Å². The Morgan fingerprint density at radius 2 is 2.21 bits per heavy atom. The first-order chi connectivity index (χ1) is 9.15. The van der Waals surface area contributed by atoms with Crippen molar-refractivity contribution >= 4 is 5.82 Å². The molecule has 0 aromatic carbocycles. The number of nitrogens with two attached hydrogens (primary N) is 1. The molecule has 0 aliphatic carbocycles. The third-order valence-electron chi connectivity index (χ3n) is 2.79. The monoisotopic (exact) mass is 256 g/mol. The molecular weight excluding hydrogens is 244 g/mol. The fraction of sp³-hybridized carbons (Fsp3) is 0.167. The minimum absolute atomic E-state index is 0.337. The number of hydrogen-bond donors (Lipinski definition) is 1. The van der Waals surface area contributed by atoms with Crippen LogP contribution < -0.4 is 5.73 Å². The molecule has 19 heavy (non-hydrogen) atoms. The van der Waals surface area contributed by atoms with Crippen LogP contribution in [0.5, 0.6) is 0 Å². The highest BCUT2D eigenvalue weighted by Crippen LogP contribution is 2.25. The van der Waals surface area contributed by atoms with Gasteiger partial charge in [0.1, 0.15) is 17.1 Å². The molecule has 0 unspecified atom stereocenters. The fourth-order valence-corrected chi connectivity index (χ4v) is 1.71. The summed E-state index contributed by atoms with van der Waals surface area (Å²) in [4.78, 5) is 8.50. The van der Waals surface area contributed by atoms with Gasteiger partial charge in [-0.2, -0.15) is 10.1 Å². The predicted octanol–water partition coefficient (Wildman–Crippen LogP) is 1.42. The van der Waals surface area contributed by atoms with Crippen molar-refractivity contribution in [3.8, 4) is 23.0 Å². The van der Waals surface area contributed by atoms with Crippen LogP contribution in [0.3, 0.4) is 0 Å². The Bertz CT molecular complexity index is 729. The normalized spacial score (nSPS) is 10.8. The van der Waals surface area contributed by atoms with Gasteiger partial charge in [0.15, 0.2) is 0 Å². The first kappa shape index (κ1) is 11.4. The van der Waals surface area contributed by atoms with Crippen molar-refractivity contribution < 1.29 is 4.52 Å². The summed E-state index contributed by atoms with van der Waals surface area (Å²) in [5.41, 5.74) is 8.23. The zero-order valence-corrected chi connectivity index (χ0v) is 10.5. The first-order valence-corrected chi connectivity index (χ1v) is 5.70. The summed E-state index contributed by atoms with van der Waals surface area (Å²) in [6.07, 6.45) is 3.30. The number of aromatic nitrogens is 5. The van der Waals surface area contributed by atoms with Gasteiger partial charge in [-0.3, -0.25) is 9.67 Å². The summed E-state index contributed by atoms with van der Waals surface area (Å²) >= 11 is 0. The van der Waals surface area contributed by atoms with Crippen LogP contribution in [0.1, 0.15) is 5.56 Å². The number of hydrogen-bond acceptors (Lipinski definition) is 6. The van der Waals surface area contributed by atoms with E-state index in [2.05, 4.69) is 20.2 Å². The van der Waals surface area contributed by atoms with Gasteiger partial charge in [-0.25, -0.2) is 0 Å². The minimum Gasteiger partial charge on any atom is -0.383 e. The van der Waals surface area contributed by atoms with Crippen molar-refractivity contribution in [3.63, 3.8) is 0 Å². The van der Waals surface area contributed by atoms with Crippen LogP contribution in [0.4, 0.5) is 5.82 Å². The highest BCUT2D eigenvalue weighted by Gasteiger charge is 2.16. The third kappa shape index (κ3) is 1.95. The maximum Gasteiger partial charge on any atom is 0.263 e. The largest absolute Gasteiger partial charge is 0.383 e. The molecule has 0 aliphatic rings. The Morgan fingerprint density at radius 3 is 2.89 bits per heavy atom. The quantitative estimate of drug-likeness (QED) is 0.745. The van der Waals surface area contributed by atoms with Gasteiger partial charge >= 0.3 is 0 Å². The van der Waals surface area contributed by atoms with E-state index in [0.29, 0.717) is 28.8 Å². The van der Waals surface area contributed by atoms with Gasteiger partial charge in [0.2, 0.25) is 5.82 Å². The second-order valence-electron chi connectivity index (χ2n) is 4.21. The number of aryl methyl sites for hydroxylation is 2. The predicted molar refractivity (Wildman–Crippen MR) is 68.9 cm³/mol. The van der Waals surface area contributed by atoms with Crippen molar-refractivity contribution in [1.29, 1.82) is 0 Å². The molecule has 0 fully saturated rings. The van der Waals surface area contributed by atoms with E-state index in [1.54, 1.807) is 24.1 Å². The van der Waals surface area contributed by atoms with Crippen LogP contribution in [0, 0.1) is 6.92 Å². The minimum atomic E-state index is 0.337. The van der Waals surface area contributed by atoms with Crippen molar-refractivity contribution in [3.05, 3.63) is 30.1 Å². The molecule has 0 aliphatic heterocycles. The summed E-state index contributed by atoms with van der Waals surface area (Å²) in [6.45, 7) is 1.98. The van der Waals surface area contributed by atoms with E-state index in [1.165, 1.54) is 0 Å². The van der Waals surface area contributed by atoms with E-state index in [0.717, 1.165) is 5.56 Å². The standard InChI is InChI=1S/C12H12N6O/c1-7-3-4-14-9(5-7)11-16-12(19-17-11)8-6-15-18(2)10(8)13/h3-6H,13H2,1-2H3. The van der Waals surface area contributed by atoms with E-state index in [4.69, 9.17) is 10.3 Å². The number of anilines is 1. The maximum absolute atomic E-state index is 5.86. The smallest absolute Gasteiger partial charge is 0.263 e. The topological polar surface area (TPSA) is 95.7 Å². The van der Waals surface area contributed by atoms with Crippen molar-refractivity contribution in [1.82, 2.24) is 24.9 Å². The Kier molecular flexibility index (Phi) is 2.52.